The number of hydrogen-bond donors (Lipinski definition) is 1. The summed E-state index contributed by atoms with van der Waals surface area (Å²) in [5.41, 5.74) is 1.17. The molecular weight excluding hydrogens is 192 g/mol. The lowest BCUT2D eigenvalue weighted by molar-refractivity contribution is -0.143. The van der Waals surface area contributed by atoms with Gasteiger partial charge < -0.3 is 5.11 Å². The molecule has 0 amide bonds. The Morgan fingerprint density at radius 3 is 3.00 bits per heavy atom. The topological polar surface area (TPSA) is 55.1 Å². The van der Waals surface area contributed by atoms with Gasteiger partial charge in [0.2, 0.25) is 0 Å². The normalized spacial score (nSPS) is 26.5. The number of carboxylic acids is 1. The van der Waals surface area contributed by atoms with Crippen molar-refractivity contribution in [3.8, 4) is 0 Å². The quantitative estimate of drug-likeness (QED) is 0.806. The van der Waals surface area contributed by atoms with Crippen molar-refractivity contribution < 1.29 is 9.90 Å². The molecule has 1 aromatic heterocycles. The lowest BCUT2D eigenvalue weighted by Gasteiger charge is -2.26. The summed E-state index contributed by atoms with van der Waals surface area (Å²) in [7, 11) is 1.92. The molecule has 0 aliphatic heterocycles. The fourth-order valence-electron chi connectivity index (χ4n) is 2.47. The molecule has 0 saturated heterocycles. The summed E-state index contributed by atoms with van der Waals surface area (Å²) in [5, 5.41) is 13.1. The zero-order valence-corrected chi connectivity index (χ0v) is 8.89. The number of carbonyl (C=O) groups is 1. The molecule has 1 fully saturated rings. The first kappa shape index (κ1) is 10.2. The minimum Gasteiger partial charge on any atom is -0.481 e. The van der Waals surface area contributed by atoms with E-state index in [1.54, 1.807) is 6.20 Å². The molecule has 2 rings (SSSR count). The van der Waals surface area contributed by atoms with Gasteiger partial charge in [-0.05, 0) is 25.3 Å². The van der Waals surface area contributed by atoms with E-state index in [1.807, 2.05) is 17.8 Å². The average Bonchev–Trinajstić information content (AvgIpc) is 2.64. The first-order valence-electron chi connectivity index (χ1n) is 5.39. The predicted molar refractivity (Wildman–Crippen MR) is 55.5 cm³/mol. The van der Waals surface area contributed by atoms with Crippen LogP contribution in [0.25, 0.3) is 0 Å². The van der Waals surface area contributed by atoms with E-state index in [0.29, 0.717) is 5.92 Å². The van der Waals surface area contributed by atoms with E-state index in [1.165, 1.54) is 5.69 Å². The largest absolute Gasteiger partial charge is 0.481 e. The van der Waals surface area contributed by atoms with Crippen LogP contribution < -0.4 is 0 Å². The maximum Gasteiger partial charge on any atom is 0.306 e. The van der Waals surface area contributed by atoms with Gasteiger partial charge >= 0.3 is 5.97 Å². The molecule has 1 heterocycles. The van der Waals surface area contributed by atoms with Crippen molar-refractivity contribution in [2.75, 3.05) is 0 Å². The van der Waals surface area contributed by atoms with Crippen LogP contribution in [-0.2, 0) is 11.8 Å². The van der Waals surface area contributed by atoms with Gasteiger partial charge in [0.05, 0.1) is 5.92 Å². The highest BCUT2D eigenvalue weighted by Crippen LogP contribution is 2.35. The summed E-state index contributed by atoms with van der Waals surface area (Å²) in [6, 6.07) is 1.99. The lowest BCUT2D eigenvalue weighted by atomic mass is 9.80. The van der Waals surface area contributed by atoms with E-state index in [0.717, 1.165) is 25.7 Å². The van der Waals surface area contributed by atoms with Gasteiger partial charge in [-0.15, -0.1) is 0 Å². The smallest absolute Gasteiger partial charge is 0.306 e. The first-order chi connectivity index (χ1) is 7.18. The van der Waals surface area contributed by atoms with E-state index in [4.69, 9.17) is 5.11 Å². The monoisotopic (exact) mass is 208 g/mol. The minimum absolute atomic E-state index is 0.168. The average molecular weight is 208 g/mol. The molecule has 1 N–H and O–H groups in total. The molecule has 2 atom stereocenters. The van der Waals surface area contributed by atoms with Crippen molar-refractivity contribution in [2.45, 2.75) is 31.6 Å². The van der Waals surface area contributed by atoms with Crippen LogP contribution in [-0.4, -0.2) is 20.9 Å². The van der Waals surface area contributed by atoms with Crippen molar-refractivity contribution in [1.82, 2.24) is 9.78 Å². The predicted octanol–water partition coefficient (Wildman–Crippen LogP) is 1.78. The number of aliphatic carboxylic acids is 1. The number of nitrogens with zero attached hydrogens (tertiary/aromatic N) is 2. The van der Waals surface area contributed by atoms with Gasteiger partial charge in [0, 0.05) is 24.9 Å². The third-order valence-corrected chi connectivity index (χ3v) is 3.30. The molecule has 0 bridgehead atoms. The molecule has 1 aliphatic carbocycles. The van der Waals surface area contributed by atoms with E-state index in [9.17, 15) is 4.79 Å². The van der Waals surface area contributed by atoms with Crippen LogP contribution in [0, 0.1) is 5.92 Å². The molecule has 4 heteroatoms. The molecule has 2 unspecified atom stereocenters. The summed E-state index contributed by atoms with van der Waals surface area (Å²) in [4.78, 5) is 10.9. The second-order valence-corrected chi connectivity index (χ2v) is 4.28. The Balaban J connectivity index is 2.11. The van der Waals surface area contributed by atoms with Gasteiger partial charge in [-0.25, -0.2) is 0 Å². The molecule has 15 heavy (non-hydrogen) atoms. The van der Waals surface area contributed by atoms with Crippen LogP contribution in [0.15, 0.2) is 12.3 Å². The summed E-state index contributed by atoms with van der Waals surface area (Å²) in [6.45, 7) is 0. The zero-order chi connectivity index (χ0) is 10.8. The third-order valence-electron chi connectivity index (χ3n) is 3.30. The SMILES string of the molecule is Cn1nccc1C1CCCC(C(=O)O)C1. The number of aryl methyl sites for hydroxylation is 1. The van der Waals surface area contributed by atoms with Crippen LogP contribution in [0.2, 0.25) is 0 Å². The van der Waals surface area contributed by atoms with Crippen molar-refractivity contribution in [3.63, 3.8) is 0 Å². The molecule has 1 saturated carbocycles. The highest BCUT2D eigenvalue weighted by atomic mass is 16.4. The Bertz CT molecular complexity index is 359. The molecule has 1 aromatic rings. The van der Waals surface area contributed by atoms with Crippen molar-refractivity contribution in [3.05, 3.63) is 18.0 Å². The summed E-state index contributed by atoms with van der Waals surface area (Å²) < 4.78 is 1.86. The Morgan fingerprint density at radius 1 is 1.60 bits per heavy atom. The Morgan fingerprint density at radius 2 is 2.40 bits per heavy atom. The van der Waals surface area contributed by atoms with Crippen LogP contribution >= 0.6 is 0 Å². The highest BCUT2D eigenvalue weighted by molar-refractivity contribution is 5.70. The zero-order valence-electron chi connectivity index (χ0n) is 8.89. The van der Waals surface area contributed by atoms with Gasteiger partial charge in [0.15, 0.2) is 0 Å². The van der Waals surface area contributed by atoms with Gasteiger partial charge in [0.25, 0.3) is 0 Å². The Labute approximate surface area is 88.9 Å². The number of rotatable bonds is 2. The first-order valence-corrected chi connectivity index (χ1v) is 5.39. The standard InChI is InChI=1S/C11H16N2O2/c1-13-10(5-6-12-13)8-3-2-4-9(7-8)11(14)15/h5-6,8-9H,2-4,7H2,1H3,(H,14,15). The van der Waals surface area contributed by atoms with E-state index in [2.05, 4.69) is 5.10 Å². The van der Waals surface area contributed by atoms with Gasteiger partial charge in [-0.2, -0.15) is 5.10 Å². The van der Waals surface area contributed by atoms with Crippen LogP contribution in [0.3, 0.4) is 0 Å². The number of carboxylic acid groups (broad SMARTS) is 1. The maximum atomic E-state index is 10.9. The van der Waals surface area contributed by atoms with Gasteiger partial charge in [0.1, 0.15) is 0 Å². The van der Waals surface area contributed by atoms with Gasteiger partial charge in [-0.1, -0.05) is 6.42 Å². The second-order valence-electron chi connectivity index (χ2n) is 4.28. The number of aromatic nitrogens is 2. The second kappa shape index (κ2) is 4.04. The van der Waals surface area contributed by atoms with Crippen LogP contribution in [0.5, 0.6) is 0 Å². The molecule has 4 nitrogen and oxygen atoms in total. The summed E-state index contributed by atoms with van der Waals surface area (Å²) >= 11 is 0. The minimum atomic E-state index is -0.651. The fraction of sp³-hybridized carbons (Fsp3) is 0.636. The molecule has 1 aliphatic rings. The Kier molecular flexibility index (Phi) is 2.75. The fourth-order valence-corrected chi connectivity index (χ4v) is 2.47. The summed E-state index contributed by atoms with van der Waals surface area (Å²) in [5.74, 6) is -0.451. The van der Waals surface area contributed by atoms with Crippen LogP contribution in [0.4, 0.5) is 0 Å². The molecule has 82 valence electrons. The van der Waals surface area contributed by atoms with Crippen molar-refractivity contribution >= 4 is 5.97 Å². The van der Waals surface area contributed by atoms with Crippen LogP contribution in [0.1, 0.15) is 37.3 Å². The van der Waals surface area contributed by atoms with Crippen molar-refractivity contribution in [2.24, 2.45) is 13.0 Å². The van der Waals surface area contributed by atoms with E-state index >= 15 is 0 Å². The Hall–Kier alpha value is -1.32. The maximum absolute atomic E-state index is 10.9. The molecule has 0 aromatic carbocycles. The highest BCUT2D eigenvalue weighted by Gasteiger charge is 2.28. The number of hydrogen-bond acceptors (Lipinski definition) is 2. The molecule has 0 radical (unpaired) electrons. The van der Waals surface area contributed by atoms with E-state index < -0.39 is 5.97 Å². The third kappa shape index (κ3) is 2.03. The summed E-state index contributed by atoms with van der Waals surface area (Å²) in [6.07, 6.45) is 5.45. The van der Waals surface area contributed by atoms with E-state index in [-0.39, 0.29) is 5.92 Å². The molecular formula is C11H16N2O2. The van der Waals surface area contributed by atoms with Gasteiger partial charge in [-0.3, -0.25) is 9.48 Å². The molecule has 0 spiro atoms. The van der Waals surface area contributed by atoms with Crippen molar-refractivity contribution in [1.29, 1.82) is 0 Å². The lowest BCUT2D eigenvalue weighted by Crippen LogP contribution is -2.22.